The molecule has 0 atom stereocenters. The summed E-state index contributed by atoms with van der Waals surface area (Å²) in [5.41, 5.74) is 0.957. The van der Waals surface area contributed by atoms with E-state index in [0.29, 0.717) is 11.5 Å². The summed E-state index contributed by atoms with van der Waals surface area (Å²) in [7, 11) is 1.59. The SMILES string of the molecule is COc1ccc(Br)c(NCc2occc2C(=O)O)c1. The number of benzene rings is 1. The van der Waals surface area contributed by atoms with Crippen LogP contribution in [-0.2, 0) is 6.54 Å². The summed E-state index contributed by atoms with van der Waals surface area (Å²) in [6.07, 6.45) is 1.36. The summed E-state index contributed by atoms with van der Waals surface area (Å²) >= 11 is 3.41. The van der Waals surface area contributed by atoms with Crippen molar-refractivity contribution in [3.8, 4) is 5.75 Å². The molecule has 6 heteroatoms. The van der Waals surface area contributed by atoms with Crippen molar-refractivity contribution in [3.05, 3.63) is 46.3 Å². The molecule has 0 saturated heterocycles. The number of anilines is 1. The Balaban J connectivity index is 2.14. The van der Waals surface area contributed by atoms with Crippen molar-refractivity contribution in [2.75, 3.05) is 12.4 Å². The van der Waals surface area contributed by atoms with E-state index in [1.807, 2.05) is 18.2 Å². The normalized spacial score (nSPS) is 10.2. The van der Waals surface area contributed by atoms with Gasteiger partial charge in [-0.15, -0.1) is 0 Å². The molecule has 0 amide bonds. The van der Waals surface area contributed by atoms with Crippen molar-refractivity contribution in [2.45, 2.75) is 6.54 Å². The molecule has 0 aliphatic rings. The highest BCUT2D eigenvalue weighted by Gasteiger charge is 2.13. The molecular formula is C13H12BrNO4. The first kappa shape index (κ1) is 13.5. The Kier molecular flexibility index (Phi) is 4.11. The molecule has 100 valence electrons. The number of halogens is 1. The monoisotopic (exact) mass is 325 g/mol. The molecule has 0 aliphatic heterocycles. The molecule has 0 radical (unpaired) electrons. The second-order valence-corrected chi connectivity index (χ2v) is 4.62. The summed E-state index contributed by atoms with van der Waals surface area (Å²) in [6.45, 7) is 0.278. The molecule has 0 unspecified atom stereocenters. The quantitative estimate of drug-likeness (QED) is 0.881. The van der Waals surface area contributed by atoms with E-state index in [-0.39, 0.29) is 12.1 Å². The zero-order chi connectivity index (χ0) is 13.8. The first-order valence-electron chi connectivity index (χ1n) is 5.49. The minimum absolute atomic E-state index is 0.159. The Morgan fingerprint density at radius 1 is 1.47 bits per heavy atom. The lowest BCUT2D eigenvalue weighted by Crippen LogP contribution is -2.05. The minimum atomic E-state index is -1.00. The van der Waals surface area contributed by atoms with Gasteiger partial charge >= 0.3 is 5.97 Å². The fraction of sp³-hybridized carbons (Fsp3) is 0.154. The van der Waals surface area contributed by atoms with Crippen molar-refractivity contribution in [1.29, 1.82) is 0 Å². The first-order chi connectivity index (χ1) is 9.11. The van der Waals surface area contributed by atoms with Gasteiger partial charge in [0, 0.05) is 10.5 Å². The van der Waals surface area contributed by atoms with Crippen molar-refractivity contribution >= 4 is 27.6 Å². The molecule has 0 fully saturated rings. The number of aromatic carboxylic acids is 1. The predicted molar refractivity (Wildman–Crippen MR) is 73.7 cm³/mol. The number of hydrogen-bond acceptors (Lipinski definition) is 4. The fourth-order valence-corrected chi connectivity index (χ4v) is 2.00. The van der Waals surface area contributed by atoms with E-state index in [4.69, 9.17) is 14.3 Å². The molecule has 0 aliphatic carbocycles. The smallest absolute Gasteiger partial charge is 0.339 e. The first-order valence-corrected chi connectivity index (χ1v) is 6.28. The molecule has 1 heterocycles. The molecule has 2 rings (SSSR count). The van der Waals surface area contributed by atoms with Crippen LogP contribution in [0.2, 0.25) is 0 Å². The highest BCUT2D eigenvalue weighted by molar-refractivity contribution is 9.10. The molecule has 5 nitrogen and oxygen atoms in total. The van der Waals surface area contributed by atoms with E-state index in [2.05, 4.69) is 21.2 Å². The standard InChI is InChI=1S/C13H12BrNO4/c1-18-8-2-3-10(14)11(6-8)15-7-12-9(13(16)17)4-5-19-12/h2-6,15H,7H2,1H3,(H,16,17). The average molecular weight is 326 g/mol. The van der Waals surface area contributed by atoms with Crippen LogP contribution < -0.4 is 10.1 Å². The highest BCUT2D eigenvalue weighted by atomic mass is 79.9. The maximum atomic E-state index is 10.9. The van der Waals surface area contributed by atoms with Gasteiger partial charge < -0.3 is 19.6 Å². The van der Waals surface area contributed by atoms with E-state index in [1.54, 1.807) is 7.11 Å². The number of nitrogens with one attached hydrogen (secondary N) is 1. The molecule has 1 aromatic heterocycles. The fourth-order valence-electron chi connectivity index (χ4n) is 1.61. The predicted octanol–water partition coefficient (Wildman–Crippen LogP) is 3.36. The number of hydrogen-bond donors (Lipinski definition) is 2. The van der Waals surface area contributed by atoms with Crippen LogP contribution in [-0.4, -0.2) is 18.2 Å². The minimum Gasteiger partial charge on any atom is -0.497 e. The number of ether oxygens (including phenoxy) is 1. The lowest BCUT2D eigenvalue weighted by atomic mass is 10.2. The largest absolute Gasteiger partial charge is 0.497 e. The van der Waals surface area contributed by atoms with Gasteiger partial charge in [0.05, 0.1) is 25.6 Å². The van der Waals surface area contributed by atoms with Crippen molar-refractivity contribution in [1.82, 2.24) is 0 Å². The molecule has 19 heavy (non-hydrogen) atoms. The van der Waals surface area contributed by atoms with Crippen LogP contribution in [0, 0.1) is 0 Å². The van der Waals surface area contributed by atoms with E-state index >= 15 is 0 Å². The van der Waals surface area contributed by atoms with Crippen LogP contribution in [0.25, 0.3) is 0 Å². The van der Waals surface area contributed by atoms with Crippen LogP contribution in [0.4, 0.5) is 5.69 Å². The number of rotatable bonds is 5. The van der Waals surface area contributed by atoms with Gasteiger partial charge in [-0.1, -0.05) is 0 Å². The van der Waals surface area contributed by atoms with Gasteiger partial charge in [0.25, 0.3) is 0 Å². The Hall–Kier alpha value is -1.95. The molecule has 0 spiro atoms. The summed E-state index contributed by atoms with van der Waals surface area (Å²) in [5.74, 6) is 0.0843. The van der Waals surface area contributed by atoms with Gasteiger partial charge in [-0.3, -0.25) is 0 Å². The molecule has 0 saturated carbocycles. The zero-order valence-corrected chi connectivity index (χ0v) is 11.7. The van der Waals surface area contributed by atoms with Crippen molar-refractivity contribution in [3.63, 3.8) is 0 Å². The Morgan fingerprint density at radius 3 is 2.95 bits per heavy atom. The lowest BCUT2D eigenvalue weighted by molar-refractivity contribution is 0.0694. The highest BCUT2D eigenvalue weighted by Crippen LogP contribution is 2.27. The molecule has 2 aromatic rings. The van der Waals surface area contributed by atoms with Crippen LogP contribution in [0.5, 0.6) is 5.75 Å². The molecule has 2 N–H and O–H groups in total. The zero-order valence-electron chi connectivity index (χ0n) is 10.1. The number of furan rings is 1. The Morgan fingerprint density at radius 2 is 2.26 bits per heavy atom. The van der Waals surface area contributed by atoms with E-state index in [9.17, 15) is 4.79 Å². The summed E-state index contributed by atoms with van der Waals surface area (Å²) < 4.78 is 11.1. The van der Waals surface area contributed by atoms with E-state index in [1.165, 1.54) is 12.3 Å². The number of methoxy groups -OCH3 is 1. The average Bonchev–Trinajstić information content (AvgIpc) is 2.86. The number of carboxylic acid groups (broad SMARTS) is 1. The van der Waals surface area contributed by atoms with Crippen LogP contribution in [0.3, 0.4) is 0 Å². The van der Waals surface area contributed by atoms with Gasteiger partial charge in [-0.05, 0) is 34.1 Å². The Bertz CT molecular complexity index is 594. The Labute approximate surface area is 118 Å². The molecular weight excluding hydrogens is 314 g/mol. The maximum Gasteiger partial charge on any atom is 0.339 e. The molecule has 0 bridgehead atoms. The maximum absolute atomic E-state index is 10.9. The van der Waals surface area contributed by atoms with Gasteiger partial charge in [0.2, 0.25) is 0 Å². The lowest BCUT2D eigenvalue weighted by Gasteiger charge is -2.09. The second-order valence-electron chi connectivity index (χ2n) is 3.76. The number of carbonyl (C=O) groups is 1. The van der Waals surface area contributed by atoms with Gasteiger partial charge in [-0.2, -0.15) is 0 Å². The van der Waals surface area contributed by atoms with Crippen LogP contribution in [0.1, 0.15) is 16.1 Å². The summed E-state index contributed by atoms with van der Waals surface area (Å²) in [4.78, 5) is 10.9. The third kappa shape index (κ3) is 3.08. The third-order valence-corrected chi connectivity index (χ3v) is 3.28. The van der Waals surface area contributed by atoms with Crippen LogP contribution in [0.15, 0.2) is 39.4 Å². The summed E-state index contributed by atoms with van der Waals surface area (Å²) in [6, 6.07) is 6.92. The molecule has 1 aromatic carbocycles. The van der Waals surface area contributed by atoms with Crippen LogP contribution >= 0.6 is 15.9 Å². The van der Waals surface area contributed by atoms with Gasteiger partial charge in [0.15, 0.2) is 0 Å². The topological polar surface area (TPSA) is 71.7 Å². The van der Waals surface area contributed by atoms with Crippen molar-refractivity contribution < 1.29 is 19.1 Å². The van der Waals surface area contributed by atoms with Crippen molar-refractivity contribution in [2.24, 2.45) is 0 Å². The van der Waals surface area contributed by atoms with Gasteiger partial charge in [0.1, 0.15) is 17.1 Å². The van der Waals surface area contributed by atoms with E-state index in [0.717, 1.165) is 10.2 Å². The second kappa shape index (κ2) is 5.79. The summed E-state index contributed by atoms with van der Waals surface area (Å²) in [5, 5.41) is 12.1. The van der Waals surface area contributed by atoms with E-state index < -0.39 is 5.97 Å². The van der Waals surface area contributed by atoms with Gasteiger partial charge in [-0.25, -0.2) is 4.79 Å². The number of carboxylic acids is 1. The third-order valence-electron chi connectivity index (χ3n) is 2.59.